The second-order valence-corrected chi connectivity index (χ2v) is 6.52. The van der Waals surface area contributed by atoms with Crippen LogP contribution in [0.2, 0.25) is 5.02 Å². The van der Waals surface area contributed by atoms with Crippen molar-refractivity contribution < 1.29 is 9.90 Å². The van der Waals surface area contributed by atoms with E-state index >= 15 is 0 Å². The highest BCUT2D eigenvalue weighted by Gasteiger charge is 2.30. The first-order valence-corrected chi connectivity index (χ1v) is 7.91. The van der Waals surface area contributed by atoms with Crippen molar-refractivity contribution in [2.75, 3.05) is 26.2 Å². The van der Waals surface area contributed by atoms with Crippen molar-refractivity contribution in [3.8, 4) is 5.75 Å². The number of benzene rings is 1. The highest BCUT2D eigenvalue weighted by Crippen LogP contribution is 2.30. The van der Waals surface area contributed by atoms with E-state index in [1.165, 1.54) is 32.4 Å². The van der Waals surface area contributed by atoms with Gasteiger partial charge >= 0.3 is 0 Å². The largest absolute Gasteiger partial charge is 0.507 e. The van der Waals surface area contributed by atoms with Gasteiger partial charge in [-0.3, -0.25) is 14.6 Å². The highest BCUT2D eigenvalue weighted by molar-refractivity contribution is 6.31. The zero-order valence-corrected chi connectivity index (χ0v) is 13.1. The second kappa shape index (κ2) is 5.95. The van der Waals surface area contributed by atoms with Crippen LogP contribution in [0.5, 0.6) is 5.75 Å². The Hall–Kier alpha value is -1.10. The standard InChI is InChI=1S/C16H21ClN2O2/c1-11(20)15-8-13(17)7-12(16(15)21)9-18-5-6-19-4-2-3-14(19)10-18/h7-8,14,21H,2-6,9-10H2,1H3. The minimum absolute atomic E-state index is 0.0840. The van der Waals surface area contributed by atoms with Crippen molar-refractivity contribution in [1.29, 1.82) is 0 Å². The first kappa shape index (κ1) is 14.8. The van der Waals surface area contributed by atoms with E-state index in [2.05, 4.69) is 9.80 Å². The Labute approximate surface area is 130 Å². The number of carbonyl (C=O) groups excluding carboxylic acids is 1. The predicted octanol–water partition coefficient (Wildman–Crippen LogP) is 2.53. The van der Waals surface area contributed by atoms with Crippen LogP contribution in [0.25, 0.3) is 0 Å². The summed E-state index contributed by atoms with van der Waals surface area (Å²) in [7, 11) is 0. The fraction of sp³-hybridized carbons (Fsp3) is 0.562. The Kier molecular flexibility index (Phi) is 4.20. The number of ketones is 1. The van der Waals surface area contributed by atoms with E-state index in [0.29, 0.717) is 23.2 Å². The SMILES string of the molecule is CC(=O)c1cc(Cl)cc(CN2CCN3CCCC3C2)c1O. The number of rotatable bonds is 3. The molecule has 2 saturated heterocycles. The minimum Gasteiger partial charge on any atom is -0.507 e. The molecule has 0 amide bonds. The maximum atomic E-state index is 11.6. The third-order valence-corrected chi connectivity index (χ3v) is 4.82. The monoisotopic (exact) mass is 308 g/mol. The first-order valence-electron chi connectivity index (χ1n) is 7.53. The average Bonchev–Trinajstić information content (AvgIpc) is 2.89. The fourth-order valence-corrected chi connectivity index (χ4v) is 3.73. The van der Waals surface area contributed by atoms with E-state index in [1.807, 2.05) is 0 Å². The maximum Gasteiger partial charge on any atom is 0.163 e. The van der Waals surface area contributed by atoms with Crippen LogP contribution in [-0.2, 0) is 6.54 Å². The lowest BCUT2D eigenvalue weighted by molar-refractivity contribution is 0.0980. The molecule has 0 aromatic heterocycles. The van der Waals surface area contributed by atoms with Gasteiger partial charge in [0.1, 0.15) is 5.75 Å². The molecule has 1 N–H and O–H groups in total. The average molecular weight is 309 g/mol. The summed E-state index contributed by atoms with van der Waals surface area (Å²) in [4.78, 5) is 16.5. The second-order valence-electron chi connectivity index (χ2n) is 6.08. The van der Waals surface area contributed by atoms with Gasteiger partial charge in [0.2, 0.25) is 0 Å². The summed E-state index contributed by atoms with van der Waals surface area (Å²) < 4.78 is 0. The smallest absolute Gasteiger partial charge is 0.163 e. The topological polar surface area (TPSA) is 43.8 Å². The predicted molar refractivity (Wildman–Crippen MR) is 83.0 cm³/mol. The Balaban J connectivity index is 1.77. The van der Waals surface area contributed by atoms with Gasteiger partial charge in [-0.1, -0.05) is 11.6 Å². The van der Waals surface area contributed by atoms with Crippen LogP contribution in [0.1, 0.15) is 35.7 Å². The molecule has 21 heavy (non-hydrogen) atoms. The van der Waals surface area contributed by atoms with Crippen LogP contribution < -0.4 is 0 Å². The highest BCUT2D eigenvalue weighted by atomic mass is 35.5. The molecule has 0 saturated carbocycles. The van der Waals surface area contributed by atoms with Crippen molar-refractivity contribution in [3.63, 3.8) is 0 Å². The molecule has 0 aliphatic carbocycles. The Morgan fingerprint density at radius 2 is 2.19 bits per heavy atom. The van der Waals surface area contributed by atoms with Crippen molar-refractivity contribution in [2.24, 2.45) is 0 Å². The molecule has 2 fully saturated rings. The van der Waals surface area contributed by atoms with Gasteiger partial charge in [0.15, 0.2) is 5.78 Å². The Bertz CT molecular complexity index is 561. The number of phenolic OH excluding ortho intramolecular Hbond substituents is 1. The molecule has 1 aromatic rings. The van der Waals surface area contributed by atoms with Gasteiger partial charge in [-0.25, -0.2) is 0 Å². The van der Waals surface area contributed by atoms with Crippen molar-refractivity contribution in [2.45, 2.75) is 32.4 Å². The number of Topliss-reactive ketones (excluding diaryl/α,β-unsaturated/α-hetero) is 1. The summed E-state index contributed by atoms with van der Waals surface area (Å²) in [6, 6.07) is 3.95. The summed E-state index contributed by atoms with van der Waals surface area (Å²) >= 11 is 6.08. The van der Waals surface area contributed by atoms with Crippen LogP contribution in [0.4, 0.5) is 0 Å². The number of phenols is 1. The number of aromatic hydroxyl groups is 1. The molecule has 2 aliphatic heterocycles. The van der Waals surface area contributed by atoms with E-state index < -0.39 is 0 Å². The molecule has 4 nitrogen and oxygen atoms in total. The number of piperazine rings is 1. The summed E-state index contributed by atoms with van der Waals surface area (Å²) in [6.07, 6.45) is 2.55. The Morgan fingerprint density at radius 3 is 2.95 bits per heavy atom. The third-order valence-electron chi connectivity index (χ3n) is 4.60. The molecule has 1 atom stereocenters. The van der Waals surface area contributed by atoms with Gasteiger partial charge in [0.25, 0.3) is 0 Å². The molecule has 1 aromatic carbocycles. The molecule has 3 rings (SSSR count). The quantitative estimate of drug-likeness (QED) is 0.872. The van der Waals surface area contributed by atoms with E-state index in [9.17, 15) is 9.90 Å². The number of nitrogens with zero attached hydrogens (tertiary/aromatic N) is 2. The summed E-state index contributed by atoms with van der Waals surface area (Å²) in [5, 5.41) is 10.8. The lowest BCUT2D eigenvalue weighted by Crippen LogP contribution is -2.49. The third kappa shape index (κ3) is 3.07. The van der Waals surface area contributed by atoms with Crippen LogP contribution in [0.15, 0.2) is 12.1 Å². The number of hydrogen-bond acceptors (Lipinski definition) is 4. The fourth-order valence-electron chi connectivity index (χ4n) is 3.48. The molecule has 114 valence electrons. The van der Waals surface area contributed by atoms with E-state index in [0.717, 1.165) is 25.2 Å². The van der Waals surface area contributed by atoms with Crippen molar-refractivity contribution in [3.05, 3.63) is 28.3 Å². The molecule has 1 unspecified atom stereocenters. The van der Waals surface area contributed by atoms with Gasteiger partial charge < -0.3 is 5.11 Å². The van der Waals surface area contributed by atoms with E-state index in [4.69, 9.17) is 11.6 Å². The zero-order chi connectivity index (χ0) is 15.0. The van der Waals surface area contributed by atoms with Crippen LogP contribution in [-0.4, -0.2) is 52.9 Å². The van der Waals surface area contributed by atoms with Gasteiger partial charge in [-0.15, -0.1) is 0 Å². The van der Waals surface area contributed by atoms with E-state index in [1.54, 1.807) is 6.07 Å². The van der Waals surface area contributed by atoms with Crippen LogP contribution in [0, 0.1) is 0 Å². The summed E-state index contributed by atoms with van der Waals surface area (Å²) in [5.74, 6) is -0.0717. The van der Waals surface area contributed by atoms with Gasteiger partial charge in [-0.05, 0) is 38.4 Å². The number of fused-ring (bicyclic) bond motifs is 1. The lowest BCUT2D eigenvalue weighted by atomic mass is 10.0. The molecule has 2 aliphatic rings. The van der Waals surface area contributed by atoms with Crippen molar-refractivity contribution >= 4 is 17.4 Å². The zero-order valence-electron chi connectivity index (χ0n) is 12.3. The first-order chi connectivity index (χ1) is 10.0. The Morgan fingerprint density at radius 1 is 1.38 bits per heavy atom. The number of halogens is 1. The van der Waals surface area contributed by atoms with Gasteiger partial charge in [-0.2, -0.15) is 0 Å². The van der Waals surface area contributed by atoms with Gasteiger partial charge in [0, 0.05) is 42.8 Å². The molecule has 0 bridgehead atoms. The molecule has 5 heteroatoms. The van der Waals surface area contributed by atoms with Crippen molar-refractivity contribution in [1.82, 2.24) is 9.80 Å². The van der Waals surface area contributed by atoms with Crippen LogP contribution in [0.3, 0.4) is 0 Å². The maximum absolute atomic E-state index is 11.6. The molecular formula is C16H21ClN2O2. The lowest BCUT2D eigenvalue weighted by Gasteiger charge is -2.37. The molecule has 0 spiro atoms. The van der Waals surface area contributed by atoms with Crippen LogP contribution >= 0.6 is 11.6 Å². The molecular weight excluding hydrogens is 288 g/mol. The summed E-state index contributed by atoms with van der Waals surface area (Å²) in [5.41, 5.74) is 1.07. The summed E-state index contributed by atoms with van der Waals surface area (Å²) in [6.45, 7) is 6.43. The normalized spacial score (nSPS) is 23.2. The number of carbonyl (C=O) groups is 1. The minimum atomic E-state index is -0.156. The molecule has 2 heterocycles. The number of hydrogen-bond donors (Lipinski definition) is 1. The molecule has 0 radical (unpaired) electrons. The van der Waals surface area contributed by atoms with Gasteiger partial charge in [0.05, 0.1) is 5.56 Å². The van der Waals surface area contributed by atoms with E-state index in [-0.39, 0.29) is 11.5 Å².